The van der Waals surface area contributed by atoms with E-state index in [1.165, 1.54) is 0 Å². The smallest absolute Gasteiger partial charge is 0.233 e. The Morgan fingerprint density at radius 1 is 1.28 bits per heavy atom. The van der Waals surface area contributed by atoms with E-state index in [-0.39, 0.29) is 18.1 Å². The minimum absolute atomic E-state index is 0.0319. The van der Waals surface area contributed by atoms with E-state index >= 15 is 0 Å². The van der Waals surface area contributed by atoms with E-state index < -0.39 is 0 Å². The summed E-state index contributed by atoms with van der Waals surface area (Å²) in [6, 6.07) is 0.0507. The molecule has 18 heavy (non-hydrogen) atoms. The maximum Gasteiger partial charge on any atom is 0.233 e. The Bertz CT molecular complexity index is 390. The van der Waals surface area contributed by atoms with Crippen molar-refractivity contribution >= 4 is 0 Å². The molecule has 100 valence electrons. The largest absolute Gasteiger partial charge is 0.381 e. The Hall–Kier alpha value is -0.980. The van der Waals surface area contributed by atoms with E-state index in [1.54, 1.807) is 0 Å². The third-order valence-electron chi connectivity index (χ3n) is 3.64. The van der Waals surface area contributed by atoms with Crippen molar-refractivity contribution in [2.75, 3.05) is 19.8 Å². The normalized spacial score (nSPS) is 32.8. The van der Waals surface area contributed by atoms with E-state index in [4.69, 9.17) is 19.7 Å². The molecular weight excluding hydrogens is 234 g/mol. The minimum Gasteiger partial charge on any atom is -0.381 e. The molecule has 0 aliphatic carbocycles. The van der Waals surface area contributed by atoms with Gasteiger partial charge in [-0.05, 0) is 19.3 Å². The summed E-state index contributed by atoms with van der Waals surface area (Å²) in [5.41, 5.74) is 6.05. The molecule has 0 radical (unpaired) electrons. The van der Waals surface area contributed by atoms with Crippen LogP contribution < -0.4 is 5.73 Å². The molecule has 3 rings (SSSR count). The third kappa shape index (κ3) is 2.55. The summed E-state index contributed by atoms with van der Waals surface area (Å²) in [5.74, 6) is 1.36. The van der Waals surface area contributed by atoms with Crippen molar-refractivity contribution in [3.05, 3.63) is 11.7 Å². The van der Waals surface area contributed by atoms with Gasteiger partial charge in [0.15, 0.2) is 5.82 Å². The summed E-state index contributed by atoms with van der Waals surface area (Å²) in [6.45, 7) is 2.13. The van der Waals surface area contributed by atoms with Crippen LogP contribution in [0.4, 0.5) is 0 Å². The van der Waals surface area contributed by atoms with Crippen molar-refractivity contribution in [1.29, 1.82) is 0 Å². The monoisotopic (exact) mass is 253 g/mol. The first kappa shape index (κ1) is 12.1. The molecule has 6 heteroatoms. The van der Waals surface area contributed by atoms with Gasteiger partial charge in [-0.25, -0.2) is 0 Å². The first-order valence-corrected chi connectivity index (χ1v) is 6.60. The average molecular weight is 253 g/mol. The molecule has 1 aromatic rings. The highest BCUT2D eigenvalue weighted by Crippen LogP contribution is 2.24. The Labute approximate surface area is 106 Å². The number of ether oxygens (including phenoxy) is 2. The fraction of sp³-hybridized carbons (Fsp3) is 0.833. The van der Waals surface area contributed by atoms with E-state index in [1.807, 2.05) is 0 Å². The molecule has 2 saturated heterocycles. The molecule has 2 aliphatic heterocycles. The fourth-order valence-corrected chi connectivity index (χ4v) is 2.52. The molecule has 2 aliphatic rings. The van der Waals surface area contributed by atoms with Crippen molar-refractivity contribution in [1.82, 2.24) is 10.1 Å². The Morgan fingerprint density at radius 3 is 3.00 bits per heavy atom. The highest BCUT2D eigenvalue weighted by Gasteiger charge is 2.29. The molecule has 0 bridgehead atoms. The van der Waals surface area contributed by atoms with Gasteiger partial charge in [0.1, 0.15) is 0 Å². The molecule has 0 spiro atoms. The highest BCUT2D eigenvalue weighted by atomic mass is 16.5. The maximum atomic E-state index is 6.05. The van der Waals surface area contributed by atoms with Gasteiger partial charge in [-0.1, -0.05) is 5.16 Å². The lowest BCUT2D eigenvalue weighted by Crippen LogP contribution is -2.37. The summed E-state index contributed by atoms with van der Waals surface area (Å²) >= 11 is 0. The molecule has 0 saturated carbocycles. The predicted molar refractivity (Wildman–Crippen MR) is 63.1 cm³/mol. The number of hydrogen-bond donors (Lipinski definition) is 1. The zero-order valence-corrected chi connectivity index (χ0v) is 10.4. The lowest BCUT2D eigenvalue weighted by molar-refractivity contribution is 0.0590. The van der Waals surface area contributed by atoms with Crippen LogP contribution in [0.1, 0.15) is 36.9 Å². The molecule has 3 unspecified atom stereocenters. The van der Waals surface area contributed by atoms with Gasteiger partial charge >= 0.3 is 0 Å². The van der Waals surface area contributed by atoms with E-state index in [0.717, 1.165) is 38.1 Å². The van der Waals surface area contributed by atoms with E-state index in [0.29, 0.717) is 19.1 Å². The molecule has 3 atom stereocenters. The molecule has 0 amide bonds. The SMILES string of the molecule is NC1CCOCC1c1nc(CC2CCCO2)no1. The van der Waals surface area contributed by atoms with Crippen molar-refractivity contribution in [2.45, 2.75) is 43.7 Å². The van der Waals surface area contributed by atoms with E-state index in [9.17, 15) is 0 Å². The number of hydrogen-bond acceptors (Lipinski definition) is 6. The lowest BCUT2D eigenvalue weighted by Gasteiger charge is -2.25. The van der Waals surface area contributed by atoms with Crippen LogP contribution in [-0.2, 0) is 15.9 Å². The summed E-state index contributed by atoms with van der Waals surface area (Å²) in [6.07, 6.45) is 4.01. The van der Waals surface area contributed by atoms with Crippen molar-refractivity contribution < 1.29 is 14.0 Å². The lowest BCUT2D eigenvalue weighted by atomic mass is 9.97. The summed E-state index contributed by atoms with van der Waals surface area (Å²) < 4.78 is 16.3. The van der Waals surface area contributed by atoms with E-state index in [2.05, 4.69) is 10.1 Å². The molecular formula is C12H19N3O3. The topological polar surface area (TPSA) is 83.4 Å². The van der Waals surface area contributed by atoms with Crippen molar-refractivity contribution in [3.8, 4) is 0 Å². The molecule has 3 heterocycles. The standard InChI is InChI=1S/C12H19N3O3/c13-10-3-5-16-7-9(10)12-14-11(15-18-12)6-8-2-1-4-17-8/h8-10H,1-7,13H2. The first-order valence-electron chi connectivity index (χ1n) is 6.60. The average Bonchev–Trinajstić information content (AvgIpc) is 3.02. The van der Waals surface area contributed by atoms with Crippen molar-refractivity contribution in [3.63, 3.8) is 0 Å². The molecule has 2 N–H and O–H groups in total. The van der Waals surface area contributed by atoms with Crippen LogP contribution >= 0.6 is 0 Å². The molecule has 1 aromatic heterocycles. The Balaban J connectivity index is 1.64. The quantitative estimate of drug-likeness (QED) is 0.850. The molecule has 0 aromatic carbocycles. The van der Waals surface area contributed by atoms with Gasteiger partial charge < -0.3 is 19.7 Å². The highest BCUT2D eigenvalue weighted by molar-refractivity contribution is 5.01. The maximum absolute atomic E-state index is 6.05. The Morgan fingerprint density at radius 2 is 2.22 bits per heavy atom. The Kier molecular flexibility index (Phi) is 3.58. The van der Waals surface area contributed by atoms with Gasteiger partial charge in [0.25, 0.3) is 0 Å². The summed E-state index contributed by atoms with van der Waals surface area (Å²) in [4.78, 5) is 4.43. The molecule has 6 nitrogen and oxygen atoms in total. The zero-order valence-electron chi connectivity index (χ0n) is 10.4. The first-order chi connectivity index (χ1) is 8.83. The van der Waals surface area contributed by atoms with Gasteiger partial charge in [0.05, 0.1) is 18.6 Å². The predicted octanol–water partition coefficient (Wildman–Crippen LogP) is 0.622. The van der Waals surface area contributed by atoms with Gasteiger partial charge in [0, 0.05) is 25.7 Å². The minimum atomic E-state index is 0.0319. The number of nitrogens with zero attached hydrogens (tertiary/aromatic N) is 2. The summed E-state index contributed by atoms with van der Waals surface area (Å²) in [7, 11) is 0. The van der Waals surface area contributed by atoms with Crippen LogP contribution in [0.3, 0.4) is 0 Å². The second-order valence-electron chi connectivity index (χ2n) is 5.02. The second kappa shape index (κ2) is 5.34. The van der Waals surface area contributed by atoms with Gasteiger partial charge in [-0.15, -0.1) is 0 Å². The number of rotatable bonds is 3. The fourth-order valence-electron chi connectivity index (χ4n) is 2.52. The van der Waals surface area contributed by atoms with Gasteiger partial charge in [-0.2, -0.15) is 4.98 Å². The summed E-state index contributed by atoms with van der Waals surface area (Å²) in [5, 5.41) is 4.01. The van der Waals surface area contributed by atoms with Crippen molar-refractivity contribution in [2.24, 2.45) is 5.73 Å². The molecule has 2 fully saturated rings. The van der Waals surface area contributed by atoms with Crippen LogP contribution in [0.2, 0.25) is 0 Å². The number of nitrogens with two attached hydrogens (primary N) is 1. The van der Waals surface area contributed by atoms with Crippen LogP contribution in [-0.4, -0.2) is 42.1 Å². The van der Waals surface area contributed by atoms with Crippen LogP contribution in [0.15, 0.2) is 4.52 Å². The van der Waals surface area contributed by atoms with Gasteiger partial charge in [-0.3, -0.25) is 0 Å². The van der Waals surface area contributed by atoms with Gasteiger partial charge in [0.2, 0.25) is 5.89 Å². The van der Waals surface area contributed by atoms with Crippen LogP contribution in [0, 0.1) is 0 Å². The third-order valence-corrected chi connectivity index (χ3v) is 3.64. The second-order valence-corrected chi connectivity index (χ2v) is 5.02. The number of aromatic nitrogens is 2. The zero-order chi connectivity index (χ0) is 12.4. The van der Waals surface area contributed by atoms with Crippen LogP contribution in [0.5, 0.6) is 0 Å². The van der Waals surface area contributed by atoms with Crippen LogP contribution in [0.25, 0.3) is 0 Å².